The van der Waals surface area contributed by atoms with Crippen LogP contribution in [0, 0.1) is 17.2 Å². The summed E-state index contributed by atoms with van der Waals surface area (Å²) in [6.07, 6.45) is 7.10. The summed E-state index contributed by atoms with van der Waals surface area (Å²) in [6, 6.07) is 12.0. The Morgan fingerprint density at radius 3 is 2.62 bits per heavy atom. The van der Waals surface area contributed by atoms with E-state index in [2.05, 4.69) is 33.1 Å². The fraction of sp³-hybridized carbons (Fsp3) is 0.353. The molecular formula is C17H18N4. The van der Waals surface area contributed by atoms with Gasteiger partial charge in [-0.2, -0.15) is 5.26 Å². The molecule has 0 atom stereocenters. The molecule has 0 unspecified atom stereocenters. The second kappa shape index (κ2) is 6.36. The Balaban J connectivity index is 1.56. The van der Waals surface area contributed by atoms with E-state index in [9.17, 15) is 0 Å². The number of pyridine rings is 2. The molecule has 0 radical (unpaired) electrons. The number of rotatable bonds is 3. The van der Waals surface area contributed by atoms with Crippen molar-refractivity contribution in [1.29, 1.82) is 5.26 Å². The number of nitrogens with zero attached hydrogens (tertiary/aromatic N) is 4. The number of nitriles is 1. The zero-order valence-electron chi connectivity index (χ0n) is 11.9. The van der Waals surface area contributed by atoms with Gasteiger partial charge in [0, 0.05) is 25.0 Å². The fourth-order valence-electron chi connectivity index (χ4n) is 2.85. The minimum absolute atomic E-state index is 0.476. The Hall–Kier alpha value is -2.41. The largest absolute Gasteiger partial charge is 0.370 e. The molecule has 3 rings (SSSR count). The molecule has 4 nitrogen and oxygen atoms in total. The highest BCUT2D eigenvalue weighted by Crippen LogP contribution is 2.24. The van der Waals surface area contributed by atoms with Gasteiger partial charge in [-0.3, -0.25) is 4.98 Å². The van der Waals surface area contributed by atoms with E-state index in [0.29, 0.717) is 11.6 Å². The van der Waals surface area contributed by atoms with Gasteiger partial charge in [0.25, 0.3) is 0 Å². The van der Waals surface area contributed by atoms with Crippen LogP contribution in [0.3, 0.4) is 0 Å². The lowest BCUT2D eigenvalue weighted by molar-refractivity contribution is 0.400. The van der Waals surface area contributed by atoms with E-state index in [-0.39, 0.29) is 0 Å². The predicted octanol–water partition coefficient (Wildman–Crippen LogP) is 2.81. The lowest BCUT2D eigenvalue weighted by Crippen LogP contribution is -2.34. The third-order valence-corrected chi connectivity index (χ3v) is 4.07. The number of hydrogen-bond donors (Lipinski definition) is 0. The van der Waals surface area contributed by atoms with Crippen molar-refractivity contribution in [3.63, 3.8) is 0 Å². The maximum absolute atomic E-state index is 8.78. The van der Waals surface area contributed by atoms with E-state index in [1.54, 1.807) is 12.3 Å². The van der Waals surface area contributed by atoms with Crippen LogP contribution < -0.4 is 4.90 Å². The number of piperidine rings is 1. The monoisotopic (exact) mass is 278 g/mol. The van der Waals surface area contributed by atoms with Gasteiger partial charge >= 0.3 is 0 Å². The van der Waals surface area contributed by atoms with Crippen molar-refractivity contribution in [2.24, 2.45) is 5.92 Å². The standard InChI is InChI=1S/C17H18N4/c18-12-16-4-5-17(13-20-16)21-9-6-14(7-10-21)11-15-3-1-2-8-19-15/h1-5,8,13-14H,6-7,9-11H2. The topological polar surface area (TPSA) is 52.8 Å². The lowest BCUT2D eigenvalue weighted by Gasteiger charge is -2.33. The van der Waals surface area contributed by atoms with Crippen molar-refractivity contribution >= 4 is 5.69 Å². The molecule has 2 aromatic heterocycles. The second-order valence-electron chi connectivity index (χ2n) is 5.47. The van der Waals surface area contributed by atoms with Gasteiger partial charge in [-0.15, -0.1) is 0 Å². The molecule has 106 valence electrons. The molecule has 2 aromatic rings. The van der Waals surface area contributed by atoms with Crippen molar-refractivity contribution in [2.75, 3.05) is 18.0 Å². The first kappa shape index (κ1) is 13.6. The highest BCUT2D eigenvalue weighted by molar-refractivity contribution is 5.46. The molecule has 0 saturated carbocycles. The van der Waals surface area contributed by atoms with Gasteiger partial charge in [0.15, 0.2) is 0 Å². The van der Waals surface area contributed by atoms with Gasteiger partial charge in [0.2, 0.25) is 0 Å². The van der Waals surface area contributed by atoms with Crippen molar-refractivity contribution in [3.8, 4) is 6.07 Å². The van der Waals surface area contributed by atoms with Crippen LogP contribution in [-0.2, 0) is 6.42 Å². The van der Waals surface area contributed by atoms with Gasteiger partial charge < -0.3 is 4.90 Å². The number of hydrogen-bond acceptors (Lipinski definition) is 4. The van der Waals surface area contributed by atoms with E-state index in [4.69, 9.17) is 5.26 Å². The van der Waals surface area contributed by atoms with Crippen molar-refractivity contribution in [2.45, 2.75) is 19.3 Å². The maximum Gasteiger partial charge on any atom is 0.140 e. The first-order chi connectivity index (χ1) is 10.3. The molecule has 4 heteroatoms. The summed E-state index contributed by atoms with van der Waals surface area (Å²) < 4.78 is 0. The van der Waals surface area contributed by atoms with Crippen LogP contribution in [0.5, 0.6) is 0 Å². The molecule has 1 aliphatic heterocycles. The van der Waals surface area contributed by atoms with E-state index in [0.717, 1.165) is 25.2 Å². The van der Waals surface area contributed by atoms with Crippen molar-refractivity contribution in [1.82, 2.24) is 9.97 Å². The quantitative estimate of drug-likeness (QED) is 0.866. The SMILES string of the molecule is N#Cc1ccc(N2CCC(Cc3ccccn3)CC2)cn1. The molecule has 0 spiro atoms. The number of aromatic nitrogens is 2. The van der Waals surface area contributed by atoms with Gasteiger partial charge in [0.1, 0.15) is 11.8 Å². The molecule has 21 heavy (non-hydrogen) atoms. The second-order valence-corrected chi connectivity index (χ2v) is 5.47. The normalized spacial score (nSPS) is 15.7. The van der Waals surface area contributed by atoms with Crippen LogP contribution >= 0.6 is 0 Å². The molecule has 1 fully saturated rings. The van der Waals surface area contributed by atoms with Crippen LogP contribution in [-0.4, -0.2) is 23.1 Å². The van der Waals surface area contributed by atoms with E-state index in [1.807, 2.05) is 18.3 Å². The zero-order chi connectivity index (χ0) is 14.5. The summed E-state index contributed by atoms with van der Waals surface area (Å²) in [5.41, 5.74) is 2.78. The Morgan fingerprint density at radius 2 is 2.00 bits per heavy atom. The summed E-state index contributed by atoms with van der Waals surface area (Å²) in [5, 5.41) is 8.78. The summed E-state index contributed by atoms with van der Waals surface area (Å²) in [5.74, 6) is 0.711. The van der Waals surface area contributed by atoms with Crippen molar-refractivity contribution in [3.05, 3.63) is 54.1 Å². The Bertz CT molecular complexity index is 607. The van der Waals surface area contributed by atoms with E-state index in [1.165, 1.54) is 18.5 Å². The summed E-state index contributed by atoms with van der Waals surface area (Å²) in [7, 11) is 0. The molecule has 0 amide bonds. The van der Waals surface area contributed by atoms with Crippen LogP contribution in [0.2, 0.25) is 0 Å². The van der Waals surface area contributed by atoms with Crippen LogP contribution in [0.4, 0.5) is 5.69 Å². The predicted molar refractivity (Wildman–Crippen MR) is 81.8 cm³/mol. The average molecular weight is 278 g/mol. The summed E-state index contributed by atoms with van der Waals surface area (Å²) in [6.45, 7) is 2.09. The Morgan fingerprint density at radius 1 is 1.14 bits per heavy atom. The van der Waals surface area contributed by atoms with Crippen molar-refractivity contribution < 1.29 is 0 Å². The average Bonchev–Trinajstić information content (AvgIpc) is 2.57. The Kier molecular flexibility index (Phi) is 4.11. The van der Waals surface area contributed by atoms with Crippen LogP contribution in [0.15, 0.2) is 42.7 Å². The Labute approximate surface area is 125 Å². The third kappa shape index (κ3) is 3.38. The fourth-order valence-corrected chi connectivity index (χ4v) is 2.85. The van der Waals surface area contributed by atoms with E-state index >= 15 is 0 Å². The molecular weight excluding hydrogens is 260 g/mol. The summed E-state index contributed by atoms with van der Waals surface area (Å²) >= 11 is 0. The molecule has 0 aliphatic carbocycles. The first-order valence-corrected chi connectivity index (χ1v) is 7.36. The molecule has 1 saturated heterocycles. The molecule has 0 aromatic carbocycles. The zero-order valence-corrected chi connectivity index (χ0v) is 11.9. The minimum Gasteiger partial charge on any atom is -0.370 e. The maximum atomic E-state index is 8.78. The highest BCUT2D eigenvalue weighted by Gasteiger charge is 2.20. The highest BCUT2D eigenvalue weighted by atomic mass is 15.1. The van der Waals surface area contributed by atoms with Crippen LogP contribution in [0.1, 0.15) is 24.2 Å². The van der Waals surface area contributed by atoms with Gasteiger partial charge in [0.05, 0.1) is 11.9 Å². The first-order valence-electron chi connectivity index (χ1n) is 7.36. The van der Waals surface area contributed by atoms with Gasteiger partial charge in [-0.25, -0.2) is 4.98 Å². The van der Waals surface area contributed by atoms with Gasteiger partial charge in [-0.05, 0) is 49.4 Å². The van der Waals surface area contributed by atoms with E-state index < -0.39 is 0 Å². The lowest BCUT2D eigenvalue weighted by atomic mass is 9.92. The molecule has 0 N–H and O–H groups in total. The smallest absolute Gasteiger partial charge is 0.140 e. The van der Waals surface area contributed by atoms with Gasteiger partial charge in [-0.1, -0.05) is 6.07 Å². The van der Waals surface area contributed by atoms with Crippen LogP contribution in [0.25, 0.3) is 0 Å². The molecule has 0 bridgehead atoms. The molecule has 3 heterocycles. The summed E-state index contributed by atoms with van der Waals surface area (Å²) in [4.78, 5) is 10.9. The minimum atomic E-state index is 0.476. The third-order valence-electron chi connectivity index (χ3n) is 4.07. The molecule has 1 aliphatic rings. The number of anilines is 1.